The van der Waals surface area contributed by atoms with Crippen LogP contribution in [0, 0.1) is 0 Å². The van der Waals surface area contributed by atoms with E-state index in [1.807, 2.05) is 24.3 Å². The minimum atomic E-state index is -0.489. The lowest BCUT2D eigenvalue weighted by Gasteiger charge is -2.07. The van der Waals surface area contributed by atoms with E-state index in [1.54, 1.807) is 60.7 Å². The average molecular weight is 363 g/mol. The van der Waals surface area contributed by atoms with E-state index in [1.165, 1.54) is 6.08 Å². The predicted molar refractivity (Wildman–Crippen MR) is 103 cm³/mol. The summed E-state index contributed by atoms with van der Waals surface area (Å²) in [5.41, 5.74) is 1.63. The molecule has 3 nitrogen and oxygen atoms in total. The van der Waals surface area contributed by atoms with E-state index in [4.69, 9.17) is 16.3 Å². The van der Waals surface area contributed by atoms with Gasteiger partial charge in [0.05, 0.1) is 5.56 Å². The summed E-state index contributed by atoms with van der Waals surface area (Å²) >= 11 is 5.83. The highest BCUT2D eigenvalue weighted by molar-refractivity contribution is 6.30. The number of hydrogen-bond donors (Lipinski definition) is 0. The van der Waals surface area contributed by atoms with Gasteiger partial charge in [0.15, 0.2) is 5.78 Å². The molecule has 0 heterocycles. The van der Waals surface area contributed by atoms with Crippen LogP contribution in [0.25, 0.3) is 6.08 Å². The summed E-state index contributed by atoms with van der Waals surface area (Å²) in [7, 11) is 0. The van der Waals surface area contributed by atoms with Gasteiger partial charge in [-0.05, 0) is 42.5 Å². The van der Waals surface area contributed by atoms with Crippen molar-refractivity contribution in [3.8, 4) is 5.75 Å². The summed E-state index contributed by atoms with van der Waals surface area (Å²) in [6.07, 6.45) is 3.10. The predicted octanol–water partition coefficient (Wildman–Crippen LogP) is 5.46. The molecule has 0 aliphatic heterocycles. The Bertz CT molecular complexity index is 945. The van der Waals surface area contributed by atoms with E-state index in [0.717, 1.165) is 0 Å². The summed E-state index contributed by atoms with van der Waals surface area (Å²) in [6, 6.07) is 22.5. The molecule has 0 spiro atoms. The smallest absolute Gasteiger partial charge is 0.343 e. The SMILES string of the molecule is O=C(C=Cc1ccccc1OC(=O)c1ccc(Cl)cc1)c1ccccc1. The van der Waals surface area contributed by atoms with Crippen LogP contribution in [0.4, 0.5) is 0 Å². The number of halogens is 1. The Balaban J connectivity index is 1.78. The van der Waals surface area contributed by atoms with Gasteiger partial charge in [0.1, 0.15) is 5.75 Å². The lowest BCUT2D eigenvalue weighted by atomic mass is 10.1. The first-order valence-electron chi connectivity index (χ1n) is 7.98. The second-order valence-electron chi connectivity index (χ2n) is 5.50. The fourth-order valence-corrected chi connectivity index (χ4v) is 2.45. The van der Waals surface area contributed by atoms with E-state index < -0.39 is 5.97 Å². The van der Waals surface area contributed by atoms with Gasteiger partial charge in [-0.15, -0.1) is 0 Å². The fourth-order valence-electron chi connectivity index (χ4n) is 2.32. The highest BCUT2D eigenvalue weighted by Gasteiger charge is 2.10. The molecule has 0 atom stereocenters. The second kappa shape index (κ2) is 8.28. The van der Waals surface area contributed by atoms with Gasteiger partial charge in [-0.1, -0.05) is 60.1 Å². The van der Waals surface area contributed by atoms with E-state index in [-0.39, 0.29) is 5.78 Å². The van der Waals surface area contributed by atoms with Gasteiger partial charge in [-0.25, -0.2) is 4.79 Å². The highest BCUT2D eigenvalue weighted by atomic mass is 35.5. The zero-order valence-electron chi connectivity index (χ0n) is 13.8. The molecule has 0 amide bonds. The van der Waals surface area contributed by atoms with Gasteiger partial charge in [0, 0.05) is 16.1 Å². The highest BCUT2D eigenvalue weighted by Crippen LogP contribution is 2.21. The van der Waals surface area contributed by atoms with Crippen molar-refractivity contribution in [1.82, 2.24) is 0 Å². The average Bonchev–Trinajstić information content (AvgIpc) is 2.68. The first-order valence-corrected chi connectivity index (χ1v) is 8.35. The molecule has 0 saturated carbocycles. The third-order valence-corrected chi connectivity index (χ3v) is 3.93. The topological polar surface area (TPSA) is 43.4 Å². The number of esters is 1. The Morgan fingerprint density at radius 2 is 1.42 bits per heavy atom. The molecule has 4 heteroatoms. The minimum Gasteiger partial charge on any atom is -0.422 e. The van der Waals surface area contributed by atoms with Crippen molar-refractivity contribution in [2.75, 3.05) is 0 Å². The number of benzene rings is 3. The molecule has 0 unspecified atom stereocenters. The van der Waals surface area contributed by atoms with Gasteiger partial charge >= 0.3 is 5.97 Å². The maximum absolute atomic E-state index is 12.3. The van der Waals surface area contributed by atoms with Gasteiger partial charge < -0.3 is 4.74 Å². The van der Waals surface area contributed by atoms with Crippen LogP contribution >= 0.6 is 11.6 Å². The van der Waals surface area contributed by atoms with Crippen molar-refractivity contribution < 1.29 is 14.3 Å². The third-order valence-electron chi connectivity index (χ3n) is 3.67. The third kappa shape index (κ3) is 4.47. The standard InChI is InChI=1S/C22H15ClO3/c23-19-13-10-18(11-14-19)22(25)26-21-9-5-4-8-17(21)12-15-20(24)16-6-2-1-3-7-16/h1-15H. The van der Waals surface area contributed by atoms with Crippen molar-refractivity contribution >= 4 is 29.4 Å². The lowest BCUT2D eigenvalue weighted by molar-refractivity contribution is 0.0734. The van der Waals surface area contributed by atoms with Crippen LogP contribution in [0.5, 0.6) is 5.75 Å². The molecule has 0 aliphatic rings. The van der Waals surface area contributed by atoms with Gasteiger partial charge in [-0.3, -0.25) is 4.79 Å². The molecule has 0 aliphatic carbocycles. The largest absolute Gasteiger partial charge is 0.422 e. The zero-order valence-corrected chi connectivity index (χ0v) is 14.5. The fraction of sp³-hybridized carbons (Fsp3) is 0. The number of rotatable bonds is 5. The van der Waals surface area contributed by atoms with Crippen molar-refractivity contribution in [1.29, 1.82) is 0 Å². The van der Waals surface area contributed by atoms with Gasteiger partial charge in [-0.2, -0.15) is 0 Å². The Morgan fingerprint density at radius 3 is 2.15 bits per heavy atom. The number of ketones is 1. The van der Waals surface area contributed by atoms with Crippen LogP contribution < -0.4 is 4.74 Å². The molecule has 0 N–H and O–H groups in total. The van der Waals surface area contributed by atoms with Crippen LogP contribution in [0.1, 0.15) is 26.3 Å². The van der Waals surface area contributed by atoms with Gasteiger partial charge in [0.25, 0.3) is 0 Å². The molecule has 26 heavy (non-hydrogen) atoms. The van der Waals surface area contributed by atoms with E-state index in [2.05, 4.69) is 0 Å². The number of hydrogen-bond acceptors (Lipinski definition) is 3. The number of carbonyl (C=O) groups is 2. The summed E-state index contributed by atoms with van der Waals surface area (Å²) in [4.78, 5) is 24.5. The Labute approximate surface area is 156 Å². The summed E-state index contributed by atoms with van der Waals surface area (Å²) in [5.74, 6) is -0.231. The molecule has 3 aromatic rings. The molecule has 0 aromatic heterocycles. The summed E-state index contributed by atoms with van der Waals surface area (Å²) < 4.78 is 5.46. The molecule has 128 valence electrons. The van der Waals surface area contributed by atoms with Crippen LogP contribution in [0.15, 0.2) is 84.9 Å². The maximum atomic E-state index is 12.3. The summed E-state index contributed by atoms with van der Waals surface area (Å²) in [6.45, 7) is 0. The first kappa shape index (κ1) is 17.6. The van der Waals surface area contributed by atoms with E-state index in [9.17, 15) is 9.59 Å². The normalized spacial score (nSPS) is 10.7. The second-order valence-corrected chi connectivity index (χ2v) is 5.93. The zero-order chi connectivity index (χ0) is 18.4. The van der Waals surface area contributed by atoms with Crippen LogP contribution in [-0.2, 0) is 0 Å². The molecule has 0 bridgehead atoms. The minimum absolute atomic E-state index is 0.121. The number of allylic oxidation sites excluding steroid dienone is 1. The Morgan fingerprint density at radius 1 is 0.769 bits per heavy atom. The monoisotopic (exact) mass is 362 g/mol. The molecular formula is C22H15ClO3. The number of para-hydroxylation sites is 1. The molecule has 0 saturated heterocycles. The summed E-state index contributed by atoms with van der Waals surface area (Å²) in [5, 5.41) is 0.546. The molecular weight excluding hydrogens is 348 g/mol. The van der Waals surface area contributed by atoms with Crippen LogP contribution in [0.3, 0.4) is 0 Å². The van der Waals surface area contributed by atoms with Crippen molar-refractivity contribution in [3.63, 3.8) is 0 Å². The number of ether oxygens (including phenoxy) is 1. The molecule has 0 fully saturated rings. The quantitative estimate of drug-likeness (QED) is 0.262. The van der Waals surface area contributed by atoms with Crippen molar-refractivity contribution in [3.05, 3.63) is 107 Å². The maximum Gasteiger partial charge on any atom is 0.343 e. The molecule has 3 rings (SSSR count). The van der Waals surface area contributed by atoms with E-state index >= 15 is 0 Å². The van der Waals surface area contributed by atoms with E-state index in [0.29, 0.717) is 27.5 Å². The van der Waals surface area contributed by atoms with Crippen molar-refractivity contribution in [2.24, 2.45) is 0 Å². The Hall–Kier alpha value is -3.17. The van der Waals surface area contributed by atoms with Crippen molar-refractivity contribution in [2.45, 2.75) is 0 Å². The van der Waals surface area contributed by atoms with Crippen LogP contribution in [0.2, 0.25) is 5.02 Å². The first-order chi connectivity index (χ1) is 12.6. The Kier molecular flexibility index (Phi) is 5.62. The van der Waals surface area contributed by atoms with Gasteiger partial charge in [0.2, 0.25) is 0 Å². The number of carbonyl (C=O) groups excluding carboxylic acids is 2. The lowest BCUT2D eigenvalue weighted by Crippen LogP contribution is -2.09. The molecule has 3 aromatic carbocycles. The molecule has 0 radical (unpaired) electrons. The van der Waals surface area contributed by atoms with Crippen LogP contribution in [-0.4, -0.2) is 11.8 Å².